The fourth-order valence-corrected chi connectivity index (χ4v) is 4.10. The quantitative estimate of drug-likeness (QED) is 0.827. The van der Waals surface area contributed by atoms with E-state index < -0.39 is 0 Å². The molecule has 2 heterocycles. The second kappa shape index (κ2) is 4.32. The van der Waals surface area contributed by atoms with Crippen molar-refractivity contribution in [1.29, 1.82) is 0 Å². The van der Waals surface area contributed by atoms with Gasteiger partial charge in [-0.05, 0) is 37.6 Å². The molecule has 0 amide bonds. The Balaban J connectivity index is 2.09. The van der Waals surface area contributed by atoms with E-state index in [1.165, 1.54) is 17.7 Å². The number of rotatable bonds is 2. The third kappa shape index (κ3) is 1.65. The van der Waals surface area contributed by atoms with Crippen LogP contribution in [0.1, 0.15) is 44.2 Å². The van der Waals surface area contributed by atoms with Crippen LogP contribution in [0.5, 0.6) is 0 Å². The average molecular weight is 272 g/mol. The number of ketones is 1. The zero-order valence-corrected chi connectivity index (χ0v) is 13.1. The maximum Gasteiger partial charge on any atom is 0.136 e. The van der Waals surface area contributed by atoms with E-state index >= 15 is 0 Å². The van der Waals surface area contributed by atoms with Gasteiger partial charge in [0.15, 0.2) is 0 Å². The molecule has 0 N–H and O–H groups in total. The minimum Gasteiger partial charge on any atom is -0.358 e. The Bertz CT molecular complexity index is 568. The van der Waals surface area contributed by atoms with E-state index in [0.29, 0.717) is 6.17 Å². The van der Waals surface area contributed by atoms with Gasteiger partial charge in [-0.25, -0.2) is 0 Å². The van der Waals surface area contributed by atoms with Crippen molar-refractivity contribution in [2.75, 3.05) is 25.5 Å². The lowest BCUT2D eigenvalue weighted by atomic mass is 9.80. The fraction of sp³-hybridized carbons (Fsp3) is 0.588. The third-order valence-electron chi connectivity index (χ3n) is 5.46. The summed E-state index contributed by atoms with van der Waals surface area (Å²) < 4.78 is 0. The Morgan fingerprint density at radius 2 is 2.10 bits per heavy atom. The summed E-state index contributed by atoms with van der Waals surface area (Å²) in [5, 5.41) is 0. The molecule has 2 aliphatic heterocycles. The molecule has 0 saturated carbocycles. The van der Waals surface area contributed by atoms with E-state index in [0.717, 1.165) is 12.1 Å². The van der Waals surface area contributed by atoms with Crippen LogP contribution in [0.25, 0.3) is 0 Å². The molecular weight excluding hydrogens is 248 g/mol. The predicted octanol–water partition coefficient (Wildman–Crippen LogP) is 2.75. The number of hydrogen-bond acceptors (Lipinski definition) is 3. The monoisotopic (exact) mass is 272 g/mol. The Morgan fingerprint density at radius 1 is 1.40 bits per heavy atom. The first-order valence-corrected chi connectivity index (χ1v) is 7.44. The van der Waals surface area contributed by atoms with Crippen LogP contribution < -0.4 is 4.90 Å². The molecule has 3 heteroatoms. The number of carbonyl (C=O) groups excluding carboxylic acids is 1. The number of fused-ring (bicyclic) bond motifs is 3. The number of nitrogens with zero attached hydrogens (tertiary/aromatic N) is 2. The van der Waals surface area contributed by atoms with Gasteiger partial charge < -0.3 is 4.90 Å². The molecule has 0 bridgehead atoms. The number of carbonyl (C=O) groups is 1. The zero-order chi connectivity index (χ0) is 14.7. The number of Topliss-reactive ketones (excluding diaryl/α,β-unsaturated/α-hetero) is 1. The van der Waals surface area contributed by atoms with Gasteiger partial charge in [-0.15, -0.1) is 0 Å². The van der Waals surface area contributed by atoms with Gasteiger partial charge in [0.25, 0.3) is 0 Å². The Labute approximate surface area is 121 Å². The first-order chi connectivity index (χ1) is 9.36. The van der Waals surface area contributed by atoms with E-state index in [2.05, 4.69) is 49.0 Å². The smallest absolute Gasteiger partial charge is 0.136 e. The number of likely N-dealkylation sites (tertiary alicyclic amines) is 1. The number of likely N-dealkylation sites (N-methyl/N-ethyl adjacent to an activating group) is 2. The van der Waals surface area contributed by atoms with Crippen molar-refractivity contribution in [1.82, 2.24) is 4.90 Å². The van der Waals surface area contributed by atoms with Crippen molar-refractivity contribution >= 4 is 11.5 Å². The van der Waals surface area contributed by atoms with E-state index in [4.69, 9.17) is 0 Å². The molecule has 3 atom stereocenters. The highest BCUT2D eigenvalue weighted by Crippen LogP contribution is 2.51. The van der Waals surface area contributed by atoms with E-state index in [1.807, 2.05) is 6.92 Å². The van der Waals surface area contributed by atoms with Crippen molar-refractivity contribution in [2.24, 2.45) is 0 Å². The lowest BCUT2D eigenvalue weighted by molar-refractivity contribution is -0.118. The van der Waals surface area contributed by atoms with Crippen LogP contribution in [-0.4, -0.2) is 37.5 Å². The molecule has 0 radical (unpaired) electrons. The van der Waals surface area contributed by atoms with Gasteiger partial charge in [0, 0.05) is 30.6 Å². The summed E-state index contributed by atoms with van der Waals surface area (Å²) >= 11 is 0. The molecule has 108 valence electrons. The van der Waals surface area contributed by atoms with Crippen molar-refractivity contribution in [2.45, 2.75) is 44.7 Å². The van der Waals surface area contributed by atoms with Crippen LogP contribution in [0.2, 0.25) is 0 Å². The average Bonchev–Trinajstić information content (AvgIpc) is 2.83. The minimum absolute atomic E-state index is 0.00705. The largest absolute Gasteiger partial charge is 0.358 e. The zero-order valence-electron chi connectivity index (χ0n) is 13.1. The minimum atomic E-state index is -0.00705. The van der Waals surface area contributed by atoms with Gasteiger partial charge in [0.1, 0.15) is 5.78 Å². The Morgan fingerprint density at radius 3 is 2.75 bits per heavy atom. The topological polar surface area (TPSA) is 23.6 Å². The van der Waals surface area contributed by atoms with Crippen LogP contribution in [0.15, 0.2) is 18.2 Å². The Kier molecular flexibility index (Phi) is 2.94. The summed E-state index contributed by atoms with van der Waals surface area (Å²) in [5.41, 5.74) is 4.08. The molecule has 3 nitrogen and oxygen atoms in total. The standard InChI is InChI=1S/C17H24N2O/c1-11(12(2)20)13-6-7-15-14(10-13)17(3)8-9-18(4)16(17)19(15)5/h6-7,10-11,16H,8-9H2,1-5H3. The summed E-state index contributed by atoms with van der Waals surface area (Å²) in [4.78, 5) is 16.5. The lowest BCUT2D eigenvalue weighted by Crippen LogP contribution is -2.45. The van der Waals surface area contributed by atoms with Crippen LogP contribution >= 0.6 is 0 Å². The summed E-state index contributed by atoms with van der Waals surface area (Å²) in [6.07, 6.45) is 1.63. The van der Waals surface area contributed by atoms with E-state index in [-0.39, 0.29) is 17.1 Å². The maximum absolute atomic E-state index is 11.6. The van der Waals surface area contributed by atoms with Crippen LogP contribution in [-0.2, 0) is 10.2 Å². The van der Waals surface area contributed by atoms with Gasteiger partial charge in [-0.2, -0.15) is 0 Å². The molecule has 3 unspecified atom stereocenters. The highest BCUT2D eigenvalue weighted by Gasteiger charge is 2.52. The highest BCUT2D eigenvalue weighted by atomic mass is 16.1. The Hall–Kier alpha value is -1.35. The maximum atomic E-state index is 11.6. The molecule has 2 aliphatic rings. The summed E-state index contributed by atoms with van der Waals surface area (Å²) in [6, 6.07) is 6.59. The van der Waals surface area contributed by atoms with Gasteiger partial charge in [-0.3, -0.25) is 9.69 Å². The van der Waals surface area contributed by atoms with Crippen LogP contribution in [0.4, 0.5) is 5.69 Å². The van der Waals surface area contributed by atoms with Gasteiger partial charge in [0.05, 0.1) is 6.17 Å². The number of anilines is 1. The van der Waals surface area contributed by atoms with E-state index in [9.17, 15) is 4.79 Å². The van der Waals surface area contributed by atoms with Crippen LogP contribution in [0, 0.1) is 0 Å². The van der Waals surface area contributed by atoms with E-state index in [1.54, 1.807) is 6.92 Å². The molecule has 1 aromatic rings. The molecule has 0 spiro atoms. The van der Waals surface area contributed by atoms with Crippen LogP contribution in [0.3, 0.4) is 0 Å². The molecule has 0 aliphatic carbocycles. The van der Waals surface area contributed by atoms with Gasteiger partial charge in [-0.1, -0.05) is 26.0 Å². The third-order valence-corrected chi connectivity index (χ3v) is 5.46. The fourth-order valence-electron chi connectivity index (χ4n) is 4.10. The molecule has 1 saturated heterocycles. The van der Waals surface area contributed by atoms with Crippen molar-refractivity contribution < 1.29 is 4.79 Å². The first kappa shape index (κ1) is 13.6. The first-order valence-electron chi connectivity index (χ1n) is 7.44. The second-order valence-electron chi connectivity index (χ2n) is 6.74. The van der Waals surface area contributed by atoms with Crippen molar-refractivity contribution in [3.05, 3.63) is 29.3 Å². The summed E-state index contributed by atoms with van der Waals surface area (Å²) in [7, 11) is 4.39. The number of benzene rings is 1. The van der Waals surface area contributed by atoms with Crippen molar-refractivity contribution in [3.8, 4) is 0 Å². The second-order valence-corrected chi connectivity index (χ2v) is 6.74. The SMILES string of the molecule is CC(=O)C(C)c1ccc2c(c1)C1(C)CCN(C)C1N2C. The normalized spacial score (nSPS) is 30.2. The number of hydrogen-bond donors (Lipinski definition) is 0. The summed E-state index contributed by atoms with van der Waals surface area (Å²) in [5.74, 6) is 0.230. The molecule has 3 rings (SSSR count). The molecule has 20 heavy (non-hydrogen) atoms. The molecule has 1 fully saturated rings. The van der Waals surface area contributed by atoms with Gasteiger partial charge >= 0.3 is 0 Å². The summed E-state index contributed by atoms with van der Waals surface area (Å²) in [6.45, 7) is 7.18. The molecule has 1 aromatic carbocycles. The van der Waals surface area contributed by atoms with Crippen molar-refractivity contribution in [3.63, 3.8) is 0 Å². The predicted molar refractivity (Wildman–Crippen MR) is 82.3 cm³/mol. The van der Waals surface area contributed by atoms with Gasteiger partial charge in [0.2, 0.25) is 0 Å². The highest BCUT2D eigenvalue weighted by molar-refractivity contribution is 5.83. The molecule has 0 aromatic heterocycles. The lowest BCUT2D eigenvalue weighted by Gasteiger charge is -2.32. The molecular formula is C17H24N2O.